The van der Waals surface area contributed by atoms with Crippen LogP contribution in [0.2, 0.25) is 0 Å². The Hall–Kier alpha value is -1.07. The Labute approximate surface area is 104 Å². The number of anilines is 1. The number of rotatable bonds is 6. The smallest absolute Gasteiger partial charge is 0.238 e. The molecule has 0 radical (unpaired) electrons. The number of nitrogens with one attached hydrogen (secondary N) is 1. The highest BCUT2D eigenvalue weighted by Crippen LogP contribution is 2.17. The van der Waals surface area contributed by atoms with E-state index in [9.17, 15) is 8.42 Å². The molecule has 1 N–H and O–H groups in total. The average molecular weight is 256 g/mol. The van der Waals surface area contributed by atoms with Crippen molar-refractivity contribution in [3.8, 4) is 0 Å². The molecule has 0 saturated heterocycles. The molecule has 4 nitrogen and oxygen atoms in total. The van der Waals surface area contributed by atoms with Gasteiger partial charge in [-0.2, -0.15) is 0 Å². The second kappa shape index (κ2) is 6.02. The molecule has 1 aromatic rings. The summed E-state index contributed by atoms with van der Waals surface area (Å²) in [5, 5.41) is 2.62. The molecule has 5 heteroatoms. The van der Waals surface area contributed by atoms with Crippen LogP contribution in [0.3, 0.4) is 0 Å². The average Bonchev–Trinajstić information content (AvgIpc) is 2.35. The minimum absolute atomic E-state index is 0.437. The topological polar surface area (TPSA) is 49.4 Å². The molecule has 0 bridgehead atoms. The molecule has 96 valence electrons. The summed E-state index contributed by atoms with van der Waals surface area (Å²) in [6, 6.07) is 9.10. The second-order valence-corrected chi connectivity index (χ2v) is 6.35. The predicted octanol–water partition coefficient (Wildman–Crippen LogP) is 1.45. The van der Waals surface area contributed by atoms with Crippen LogP contribution in [0.4, 0.5) is 5.69 Å². The molecule has 0 saturated carbocycles. The second-order valence-electron chi connectivity index (χ2n) is 3.97. The zero-order chi connectivity index (χ0) is 12.9. The van der Waals surface area contributed by atoms with Gasteiger partial charge in [-0.1, -0.05) is 25.1 Å². The molecule has 0 aliphatic heterocycles. The van der Waals surface area contributed by atoms with Crippen molar-refractivity contribution in [2.45, 2.75) is 19.1 Å². The molecule has 0 aliphatic carbocycles. The van der Waals surface area contributed by atoms with Gasteiger partial charge in [-0.3, -0.25) is 4.31 Å². The first-order valence-corrected chi connectivity index (χ1v) is 7.24. The summed E-state index contributed by atoms with van der Waals surface area (Å²) in [6.45, 7) is 4.92. The minimum Gasteiger partial charge on any atom is -0.316 e. The van der Waals surface area contributed by atoms with Crippen molar-refractivity contribution in [2.24, 2.45) is 0 Å². The molecule has 1 unspecified atom stereocenters. The van der Waals surface area contributed by atoms with E-state index in [2.05, 4.69) is 5.32 Å². The monoisotopic (exact) mass is 256 g/mol. The largest absolute Gasteiger partial charge is 0.316 e. The lowest BCUT2D eigenvalue weighted by Gasteiger charge is -2.23. The molecule has 1 atom stereocenters. The van der Waals surface area contributed by atoms with Crippen LogP contribution < -0.4 is 9.62 Å². The van der Waals surface area contributed by atoms with Crippen LogP contribution in [-0.2, 0) is 10.0 Å². The Morgan fingerprint density at radius 2 is 1.88 bits per heavy atom. The summed E-state index contributed by atoms with van der Waals surface area (Å²) in [6.07, 6.45) is 0. The van der Waals surface area contributed by atoms with Gasteiger partial charge in [0.05, 0.1) is 10.9 Å². The molecular weight excluding hydrogens is 236 g/mol. The molecule has 0 fully saturated rings. The fourth-order valence-corrected chi connectivity index (χ4v) is 2.79. The third kappa shape index (κ3) is 3.44. The van der Waals surface area contributed by atoms with Crippen LogP contribution in [-0.4, -0.2) is 33.8 Å². The molecule has 0 aliphatic rings. The van der Waals surface area contributed by atoms with Gasteiger partial charge in [0.2, 0.25) is 10.0 Å². The van der Waals surface area contributed by atoms with E-state index in [-0.39, 0.29) is 0 Å². The fraction of sp³-hybridized carbons (Fsp3) is 0.500. The molecule has 0 aromatic heterocycles. The summed E-state index contributed by atoms with van der Waals surface area (Å²) in [7, 11) is -1.70. The van der Waals surface area contributed by atoms with Gasteiger partial charge in [0, 0.05) is 13.6 Å². The van der Waals surface area contributed by atoms with Crippen molar-refractivity contribution in [3.63, 3.8) is 0 Å². The Morgan fingerprint density at radius 3 is 2.41 bits per heavy atom. The molecule has 17 heavy (non-hydrogen) atoms. The van der Waals surface area contributed by atoms with Crippen LogP contribution in [0, 0.1) is 0 Å². The molecule has 1 aromatic carbocycles. The number of hydrogen-bond donors (Lipinski definition) is 1. The molecule has 0 spiro atoms. The normalized spacial score (nSPS) is 13.4. The van der Waals surface area contributed by atoms with Crippen molar-refractivity contribution >= 4 is 15.7 Å². The van der Waals surface area contributed by atoms with Crippen LogP contribution in [0.1, 0.15) is 13.8 Å². The summed E-state index contributed by atoms with van der Waals surface area (Å²) in [5.74, 6) is 0. The molecule has 0 amide bonds. The van der Waals surface area contributed by atoms with Gasteiger partial charge in [0.1, 0.15) is 0 Å². The summed E-state index contributed by atoms with van der Waals surface area (Å²) < 4.78 is 25.8. The quantitative estimate of drug-likeness (QED) is 0.838. The van der Waals surface area contributed by atoms with E-state index in [4.69, 9.17) is 0 Å². The maximum atomic E-state index is 12.2. The molecule has 1 rings (SSSR count). The van der Waals surface area contributed by atoms with Crippen LogP contribution in [0.25, 0.3) is 0 Å². The van der Waals surface area contributed by atoms with E-state index in [1.165, 1.54) is 4.31 Å². The van der Waals surface area contributed by atoms with E-state index in [1.54, 1.807) is 26.1 Å². The predicted molar refractivity (Wildman–Crippen MR) is 71.8 cm³/mol. The van der Waals surface area contributed by atoms with Gasteiger partial charge < -0.3 is 5.32 Å². The Bertz CT molecular complexity index is 431. The summed E-state index contributed by atoms with van der Waals surface area (Å²) in [4.78, 5) is 0. The van der Waals surface area contributed by atoms with Crippen LogP contribution in [0.5, 0.6) is 0 Å². The number of nitrogens with zero attached hydrogens (tertiary/aromatic N) is 1. The number of hydrogen-bond acceptors (Lipinski definition) is 3. The van der Waals surface area contributed by atoms with E-state index in [1.807, 2.05) is 25.1 Å². The van der Waals surface area contributed by atoms with Crippen molar-refractivity contribution in [1.29, 1.82) is 0 Å². The summed E-state index contributed by atoms with van der Waals surface area (Å²) >= 11 is 0. The number of sulfonamides is 1. The fourth-order valence-electron chi connectivity index (χ4n) is 1.51. The van der Waals surface area contributed by atoms with Gasteiger partial charge in [-0.05, 0) is 25.6 Å². The number of para-hydroxylation sites is 1. The summed E-state index contributed by atoms with van der Waals surface area (Å²) in [5.41, 5.74) is 0.691. The van der Waals surface area contributed by atoms with Gasteiger partial charge in [0.15, 0.2) is 0 Å². The van der Waals surface area contributed by atoms with Crippen LogP contribution >= 0.6 is 0 Å². The first-order valence-electron chi connectivity index (χ1n) is 5.73. The van der Waals surface area contributed by atoms with Crippen molar-refractivity contribution < 1.29 is 8.42 Å². The van der Waals surface area contributed by atoms with Gasteiger partial charge in [-0.25, -0.2) is 8.42 Å². The maximum absolute atomic E-state index is 12.2. The Morgan fingerprint density at radius 1 is 1.29 bits per heavy atom. The maximum Gasteiger partial charge on any atom is 0.238 e. The highest BCUT2D eigenvalue weighted by atomic mass is 32.2. The molecular formula is C12H20N2O2S. The minimum atomic E-state index is -3.29. The lowest BCUT2D eigenvalue weighted by molar-refractivity contribution is 0.572. The van der Waals surface area contributed by atoms with Gasteiger partial charge in [-0.15, -0.1) is 0 Å². The van der Waals surface area contributed by atoms with E-state index in [0.717, 1.165) is 6.54 Å². The first-order chi connectivity index (χ1) is 8.00. The number of benzene rings is 1. The van der Waals surface area contributed by atoms with E-state index < -0.39 is 15.3 Å². The van der Waals surface area contributed by atoms with E-state index >= 15 is 0 Å². The zero-order valence-corrected chi connectivity index (χ0v) is 11.4. The third-order valence-electron chi connectivity index (χ3n) is 2.69. The van der Waals surface area contributed by atoms with Crippen molar-refractivity contribution in [2.75, 3.05) is 24.4 Å². The Kier molecular flexibility index (Phi) is 4.96. The van der Waals surface area contributed by atoms with Crippen LogP contribution in [0.15, 0.2) is 30.3 Å². The molecule has 0 heterocycles. The van der Waals surface area contributed by atoms with Crippen molar-refractivity contribution in [1.82, 2.24) is 5.32 Å². The van der Waals surface area contributed by atoms with Gasteiger partial charge in [0.25, 0.3) is 0 Å². The highest BCUT2D eigenvalue weighted by molar-refractivity contribution is 7.93. The standard InChI is InChI=1S/C12H20N2O2S/c1-4-13-10-11(2)17(15,16)14(3)12-8-6-5-7-9-12/h5-9,11,13H,4,10H2,1-3H3. The SMILES string of the molecule is CCNCC(C)S(=O)(=O)N(C)c1ccccc1. The first kappa shape index (κ1) is 14.0. The third-order valence-corrected chi connectivity index (χ3v) is 4.85. The lowest BCUT2D eigenvalue weighted by atomic mass is 10.3. The van der Waals surface area contributed by atoms with E-state index in [0.29, 0.717) is 12.2 Å². The zero-order valence-electron chi connectivity index (χ0n) is 10.6. The van der Waals surface area contributed by atoms with Crippen molar-refractivity contribution in [3.05, 3.63) is 30.3 Å². The highest BCUT2D eigenvalue weighted by Gasteiger charge is 2.25. The van der Waals surface area contributed by atoms with Gasteiger partial charge >= 0.3 is 0 Å². The Balaban J connectivity index is 2.84. The lowest BCUT2D eigenvalue weighted by Crippen LogP contribution is -2.40.